The number of ether oxygens (including phenoxy) is 2. The molecule has 4 heteroatoms. The van der Waals surface area contributed by atoms with Crippen LogP contribution in [0.4, 0.5) is 0 Å². The van der Waals surface area contributed by atoms with Gasteiger partial charge in [0, 0.05) is 44.0 Å². The van der Waals surface area contributed by atoms with E-state index >= 15 is 0 Å². The zero-order valence-electron chi connectivity index (χ0n) is 12.3. The Kier molecular flexibility index (Phi) is 5.85. The summed E-state index contributed by atoms with van der Waals surface area (Å²) in [5.41, 5.74) is 1.37. The molecule has 3 nitrogen and oxygen atoms in total. The van der Waals surface area contributed by atoms with E-state index in [1.807, 2.05) is 24.3 Å². The fraction of sp³-hybridized carbons (Fsp3) is 0.625. The summed E-state index contributed by atoms with van der Waals surface area (Å²) in [6, 6.07) is 7.86. The van der Waals surface area contributed by atoms with Crippen LogP contribution >= 0.6 is 11.6 Å². The predicted octanol–water partition coefficient (Wildman–Crippen LogP) is 3.43. The number of rotatable bonds is 6. The first kappa shape index (κ1) is 15.8. The molecule has 1 aromatic rings. The van der Waals surface area contributed by atoms with Crippen molar-refractivity contribution in [2.45, 2.75) is 25.9 Å². The monoisotopic (exact) mass is 297 g/mol. The van der Waals surface area contributed by atoms with Gasteiger partial charge in [-0.3, -0.25) is 0 Å². The van der Waals surface area contributed by atoms with Gasteiger partial charge in [0.25, 0.3) is 0 Å². The van der Waals surface area contributed by atoms with E-state index in [1.54, 1.807) is 7.11 Å². The Morgan fingerprint density at radius 3 is 2.70 bits per heavy atom. The number of methoxy groups -OCH3 is 1. The van der Waals surface area contributed by atoms with Gasteiger partial charge >= 0.3 is 0 Å². The van der Waals surface area contributed by atoms with Crippen LogP contribution in [0.1, 0.15) is 31.4 Å². The molecule has 0 spiro atoms. The van der Waals surface area contributed by atoms with Gasteiger partial charge in [-0.05, 0) is 24.3 Å². The molecule has 1 heterocycles. The summed E-state index contributed by atoms with van der Waals surface area (Å²) >= 11 is 6.23. The van der Waals surface area contributed by atoms with Crippen LogP contribution in [0.2, 0.25) is 5.02 Å². The Bertz CT molecular complexity index is 419. The lowest BCUT2D eigenvalue weighted by Crippen LogP contribution is -2.38. The largest absolute Gasteiger partial charge is 0.381 e. The van der Waals surface area contributed by atoms with Crippen molar-refractivity contribution in [1.29, 1.82) is 0 Å². The van der Waals surface area contributed by atoms with Crippen molar-refractivity contribution in [3.63, 3.8) is 0 Å². The molecule has 1 N–H and O–H groups in total. The highest BCUT2D eigenvalue weighted by Gasteiger charge is 2.27. The smallest absolute Gasteiger partial charge is 0.0959 e. The van der Waals surface area contributed by atoms with E-state index in [-0.39, 0.29) is 6.10 Å². The molecule has 0 bridgehead atoms. The predicted molar refractivity (Wildman–Crippen MR) is 82.2 cm³/mol. The highest BCUT2D eigenvalue weighted by molar-refractivity contribution is 6.31. The van der Waals surface area contributed by atoms with Crippen molar-refractivity contribution < 1.29 is 9.47 Å². The first-order valence-corrected chi connectivity index (χ1v) is 7.58. The standard InChI is InChI=1S/C16H24ClNO2/c1-16(7-9-20-10-8-16)12-18-11-15(19-2)13-5-3-4-6-14(13)17/h3-6,15,18H,7-12H2,1-2H3/t15-/m0/s1. The molecule has 0 aliphatic carbocycles. The Morgan fingerprint density at radius 1 is 1.35 bits per heavy atom. The molecule has 2 rings (SSSR count). The molecule has 0 aromatic heterocycles. The maximum absolute atomic E-state index is 6.23. The van der Waals surface area contributed by atoms with Crippen molar-refractivity contribution in [2.75, 3.05) is 33.4 Å². The summed E-state index contributed by atoms with van der Waals surface area (Å²) < 4.78 is 11.0. The number of nitrogens with one attached hydrogen (secondary N) is 1. The Labute approximate surface area is 126 Å². The number of hydrogen-bond donors (Lipinski definition) is 1. The third-order valence-corrected chi connectivity index (χ3v) is 4.46. The number of halogens is 1. The van der Waals surface area contributed by atoms with Crippen molar-refractivity contribution in [3.8, 4) is 0 Å². The van der Waals surface area contributed by atoms with Gasteiger partial charge in [0.15, 0.2) is 0 Å². The molecule has 1 atom stereocenters. The summed E-state index contributed by atoms with van der Waals surface area (Å²) in [4.78, 5) is 0. The lowest BCUT2D eigenvalue weighted by atomic mass is 9.82. The van der Waals surface area contributed by atoms with Gasteiger partial charge < -0.3 is 14.8 Å². The quantitative estimate of drug-likeness (QED) is 0.872. The van der Waals surface area contributed by atoms with E-state index in [0.717, 1.165) is 49.7 Å². The van der Waals surface area contributed by atoms with Crippen molar-refractivity contribution in [1.82, 2.24) is 5.32 Å². The maximum Gasteiger partial charge on any atom is 0.0959 e. The third-order valence-electron chi connectivity index (χ3n) is 4.12. The van der Waals surface area contributed by atoms with E-state index in [2.05, 4.69) is 12.2 Å². The van der Waals surface area contributed by atoms with E-state index < -0.39 is 0 Å². The van der Waals surface area contributed by atoms with Gasteiger partial charge in [0.2, 0.25) is 0 Å². The Hall–Kier alpha value is -0.610. The molecule has 1 fully saturated rings. The van der Waals surface area contributed by atoms with Crippen LogP contribution in [0.3, 0.4) is 0 Å². The molecule has 0 amide bonds. The van der Waals surface area contributed by atoms with E-state index in [1.165, 1.54) is 0 Å². The topological polar surface area (TPSA) is 30.5 Å². The highest BCUT2D eigenvalue weighted by atomic mass is 35.5. The second kappa shape index (κ2) is 7.41. The van der Waals surface area contributed by atoms with Gasteiger partial charge in [-0.1, -0.05) is 36.7 Å². The van der Waals surface area contributed by atoms with E-state index in [9.17, 15) is 0 Å². The average molecular weight is 298 g/mol. The van der Waals surface area contributed by atoms with Gasteiger partial charge in [-0.2, -0.15) is 0 Å². The van der Waals surface area contributed by atoms with E-state index in [4.69, 9.17) is 21.1 Å². The van der Waals surface area contributed by atoms with Crippen LogP contribution in [0.25, 0.3) is 0 Å². The molecular formula is C16H24ClNO2. The average Bonchev–Trinajstić information content (AvgIpc) is 2.45. The van der Waals surface area contributed by atoms with Gasteiger partial charge in [0.05, 0.1) is 6.10 Å². The van der Waals surface area contributed by atoms with Crippen LogP contribution in [-0.2, 0) is 9.47 Å². The maximum atomic E-state index is 6.23. The van der Waals surface area contributed by atoms with Crippen molar-refractivity contribution in [2.24, 2.45) is 5.41 Å². The highest BCUT2D eigenvalue weighted by Crippen LogP contribution is 2.29. The van der Waals surface area contributed by atoms with Crippen LogP contribution in [0, 0.1) is 5.41 Å². The first-order chi connectivity index (χ1) is 9.64. The summed E-state index contributed by atoms with van der Waals surface area (Å²) in [7, 11) is 1.73. The fourth-order valence-corrected chi connectivity index (χ4v) is 2.86. The summed E-state index contributed by atoms with van der Waals surface area (Å²) in [5, 5.41) is 4.30. The molecule has 0 radical (unpaired) electrons. The number of hydrogen-bond acceptors (Lipinski definition) is 3. The SMILES string of the molecule is CO[C@@H](CNCC1(C)CCOCC1)c1ccccc1Cl. The zero-order valence-corrected chi connectivity index (χ0v) is 13.1. The Morgan fingerprint density at radius 2 is 2.05 bits per heavy atom. The van der Waals surface area contributed by atoms with E-state index in [0.29, 0.717) is 5.41 Å². The van der Waals surface area contributed by atoms with Crippen LogP contribution in [0.15, 0.2) is 24.3 Å². The Balaban J connectivity index is 1.87. The van der Waals surface area contributed by atoms with Crippen LogP contribution < -0.4 is 5.32 Å². The molecule has 1 aliphatic heterocycles. The second-order valence-electron chi connectivity index (χ2n) is 5.80. The summed E-state index contributed by atoms with van der Waals surface area (Å²) in [6.07, 6.45) is 2.22. The second-order valence-corrected chi connectivity index (χ2v) is 6.21. The fourth-order valence-electron chi connectivity index (χ4n) is 2.60. The summed E-state index contributed by atoms with van der Waals surface area (Å²) in [5.74, 6) is 0. The summed E-state index contributed by atoms with van der Waals surface area (Å²) in [6.45, 7) is 5.82. The zero-order chi connectivity index (χ0) is 14.4. The van der Waals surface area contributed by atoms with Crippen LogP contribution in [-0.4, -0.2) is 33.4 Å². The van der Waals surface area contributed by atoms with Gasteiger partial charge in [0.1, 0.15) is 0 Å². The van der Waals surface area contributed by atoms with Crippen molar-refractivity contribution in [3.05, 3.63) is 34.9 Å². The normalized spacial score (nSPS) is 19.8. The first-order valence-electron chi connectivity index (χ1n) is 7.20. The lowest BCUT2D eigenvalue weighted by molar-refractivity contribution is 0.0214. The third kappa shape index (κ3) is 4.19. The molecular weight excluding hydrogens is 274 g/mol. The molecule has 112 valence electrons. The minimum atomic E-state index is -0.00728. The molecule has 20 heavy (non-hydrogen) atoms. The minimum absolute atomic E-state index is 0.00728. The molecule has 1 aliphatic rings. The molecule has 0 saturated carbocycles. The van der Waals surface area contributed by atoms with Crippen molar-refractivity contribution >= 4 is 11.6 Å². The van der Waals surface area contributed by atoms with Crippen LogP contribution in [0.5, 0.6) is 0 Å². The molecule has 0 unspecified atom stereocenters. The van der Waals surface area contributed by atoms with Gasteiger partial charge in [-0.25, -0.2) is 0 Å². The minimum Gasteiger partial charge on any atom is -0.381 e. The van der Waals surface area contributed by atoms with Gasteiger partial charge in [-0.15, -0.1) is 0 Å². The molecule has 1 aromatic carbocycles. The lowest BCUT2D eigenvalue weighted by Gasteiger charge is -2.34. The molecule has 1 saturated heterocycles. The number of benzene rings is 1.